The second-order valence-electron chi connectivity index (χ2n) is 4.78. The smallest absolute Gasteiger partial charge is 0.225 e. The molecule has 0 saturated heterocycles. The molecule has 0 fully saturated rings. The topological polar surface area (TPSA) is 101 Å². The lowest BCUT2D eigenvalue weighted by atomic mass is 9.89. The number of hydrogen-bond donors (Lipinski definition) is 1. The standard InChI is InChI=1S/C13H16N2O3S/c1-13(7-8-14,12(15)16)10-19(17,18)9-11-5-3-2-4-6-11/h2-6H,7,9-10H2,1H3,(H2,15,16). The summed E-state index contributed by atoms with van der Waals surface area (Å²) in [5.74, 6) is -1.36. The van der Waals surface area contributed by atoms with E-state index in [1.165, 1.54) is 6.92 Å². The SMILES string of the molecule is CC(CC#N)(CS(=O)(=O)Cc1ccccc1)C(N)=O. The molecule has 0 spiro atoms. The number of carbonyl (C=O) groups excluding carboxylic acids is 1. The van der Waals surface area contributed by atoms with Crippen LogP contribution in [-0.4, -0.2) is 20.1 Å². The van der Waals surface area contributed by atoms with Crippen molar-refractivity contribution in [3.05, 3.63) is 35.9 Å². The molecule has 19 heavy (non-hydrogen) atoms. The van der Waals surface area contributed by atoms with Crippen LogP contribution >= 0.6 is 0 Å². The molecule has 0 aliphatic rings. The van der Waals surface area contributed by atoms with Crippen molar-refractivity contribution in [3.63, 3.8) is 0 Å². The molecule has 1 unspecified atom stereocenters. The number of benzene rings is 1. The molecule has 0 saturated carbocycles. The summed E-state index contributed by atoms with van der Waals surface area (Å²) in [6, 6.07) is 10.5. The van der Waals surface area contributed by atoms with Crippen molar-refractivity contribution < 1.29 is 13.2 Å². The lowest BCUT2D eigenvalue weighted by molar-refractivity contribution is -0.125. The van der Waals surface area contributed by atoms with Gasteiger partial charge in [-0.25, -0.2) is 8.42 Å². The van der Waals surface area contributed by atoms with E-state index in [4.69, 9.17) is 11.0 Å². The lowest BCUT2D eigenvalue weighted by Gasteiger charge is -2.22. The van der Waals surface area contributed by atoms with E-state index in [0.717, 1.165) is 0 Å². The molecule has 1 amide bonds. The van der Waals surface area contributed by atoms with Gasteiger partial charge in [0.2, 0.25) is 5.91 Å². The van der Waals surface area contributed by atoms with E-state index in [0.29, 0.717) is 5.56 Å². The molecule has 0 heterocycles. The Balaban J connectivity index is 2.90. The highest BCUT2D eigenvalue weighted by atomic mass is 32.2. The molecular formula is C13H16N2O3S. The van der Waals surface area contributed by atoms with Crippen molar-refractivity contribution in [2.24, 2.45) is 11.1 Å². The average molecular weight is 280 g/mol. The highest BCUT2D eigenvalue weighted by Gasteiger charge is 2.36. The number of amides is 1. The lowest BCUT2D eigenvalue weighted by Crippen LogP contribution is -2.40. The zero-order valence-electron chi connectivity index (χ0n) is 10.7. The molecule has 1 atom stereocenters. The summed E-state index contributed by atoms with van der Waals surface area (Å²) < 4.78 is 24.2. The third-order valence-corrected chi connectivity index (χ3v) is 4.68. The van der Waals surface area contributed by atoms with Gasteiger partial charge < -0.3 is 5.73 Å². The molecule has 6 heteroatoms. The van der Waals surface area contributed by atoms with E-state index < -0.39 is 26.9 Å². The summed E-state index contributed by atoms with van der Waals surface area (Å²) in [5.41, 5.74) is 4.50. The Hall–Kier alpha value is -1.87. The van der Waals surface area contributed by atoms with Crippen LogP contribution in [0.25, 0.3) is 0 Å². The third-order valence-electron chi connectivity index (χ3n) is 2.83. The summed E-state index contributed by atoms with van der Waals surface area (Å²) >= 11 is 0. The Morgan fingerprint density at radius 3 is 2.42 bits per heavy atom. The van der Waals surface area contributed by atoms with Gasteiger partial charge in [-0.15, -0.1) is 0 Å². The Labute approximate surface area is 113 Å². The number of nitrogens with zero attached hydrogens (tertiary/aromatic N) is 1. The molecule has 5 nitrogen and oxygen atoms in total. The fourth-order valence-corrected chi connectivity index (χ4v) is 3.77. The largest absolute Gasteiger partial charge is 0.369 e. The normalized spacial score (nSPS) is 14.3. The summed E-state index contributed by atoms with van der Waals surface area (Å²) in [6.45, 7) is 1.40. The van der Waals surface area contributed by atoms with Crippen LogP contribution in [0.15, 0.2) is 30.3 Å². The number of sulfone groups is 1. The van der Waals surface area contributed by atoms with Gasteiger partial charge in [0.25, 0.3) is 0 Å². The third kappa shape index (κ3) is 4.38. The van der Waals surface area contributed by atoms with E-state index in [2.05, 4.69) is 0 Å². The first-order valence-electron chi connectivity index (χ1n) is 5.70. The van der Waals surface area contributed by atoms with Gasteiger partial charge in [0.1, 0.15) is 0 Å². The van der Waals surface area contributed by atoms with Crippen molar-refractivity contribution in [3.8, 4) is 6.07 Å². The zero-order valence-corrected chi connectivity index (χ0v) is 11.5. The second kappa shape index (κ2) is 5.85. The minimum atomic E-state index is -3.51. The molecular weight excluding hydrogens is 264 g/mol. The Morgan fingerprint density at radius 2 is 1.95 bits per heavy atom. The first-order chi connectivity index (χ1) is 8.79. The highest BCUT2D eigenvalue weighted by molar-refractivity contribution is 7.90. The fourth-order valence-electron chi connectivity index (χ4n) is 1.75. The number of carbonyl (C=O) groups is 1. The number of hydrogen-bond acceptors (Lipinski definition) is 4. The van der Waals surface area contributed by atoms with Gasteiger partial charge in [0.05, 0.1) is 29.4 Å². The van der Waals surface area contributed by atoms with Gasteiger partial charge in [-0.05, 0) is 12.5 Å². The van der Waals surface area contributed by atoms with Gasteiger partial charge in [0.15, 0.2) is 9.84 Å². The highest BCUT2D eigenvalue weighted by Crippen LogP contribution is 2.24. The maximum absolute atomic E-state index is 12.1. The second-order valence-corrected chi connectivity index (χ2v) is 6.84. The van der Waals surface area contributed by atoms with E-state index in [-0.39, 0.29) is 12.2 Å². The molecule has 0 aliphatic carbocycles. The maximum atomic E-state index is 12.1. The van der Waals surface area contributed by atoms with Crippen molar-refractivity contribution in [2.45, 2.75) is 19.1 Å². The Morgan fingerprint density at radius 1 is 1.37 bits per heavy atom. The number of nitriles is 1. The maximum Gasteiger partial charge on any atom is 0.225 e. The van der Waals surface area contributed by atoms with Gasteiger partial charge in [-0.2, -0.15) is 5.26 Å². The fraction of sp³-hybridized carbons (Fsp3) is 0.385. The van der Waals surface area contributed by atoms with Crippen LogP contribution in [0, 0.1) is 16.7 Å². The van der Waals surface area contributed by atoms with Crippen LogP contribution in [0.2, 0.25) is 0 Å². The predicted molar refractivity (Wildman–Crippen MR) is 71.5 cm³/mol. The zero-order chi connectivity index (χ0) is 14.5. The molecule has 0 aromatic heterocycles. The Bertz CT molecular complexity index is 590. The number of rotatable bonds is 6. The molecule has 1 rings (SSSR count). The summed E-state index contributed by atoms with van der Waals surface area (Å²) in [4.78, 5) is 11.3. The molecule has 0 radical (unpaired) electrons. The van der Waals surface area contributed by atoms with E-state index in [1.807, 2.05) is 6.07 Å². The van der Waals surface area contributed by atoms with Gasteiger partial charge in [0, 0.05) is 0 Å². The van der Waals surface area contributed by atoms with E-state index in [9.17, 15) is 13.2 Å². The summed E-state index contributed by atoms with van der Waals surface area (Å²) in [6.07, 6.45) is -0.212. The molecule has 1 aromatic carbocycles. The van der Waals surface area contributed by atoms with Crippen molar-refractivity contribution in [1.82, 2.24) is 0 Å². The first-order valence-corrected chi connectivity index (χ1v) is 7.52. The molecule has 102 valence electrons. The molecule has 1 aromatic rings. The van der Waals surface area contributed by atoms with Crippen molar-refractivity contribution >= 4 is 15.7 Å². The van der Waals surface area contributed by atoms with Gasteiger partial charge >= 0.3 is 0 Å². The first kappa shape index (κ1) is 15.2. The number of nitrogens with two attached hydrogens (primary N) is 1. The molecule has 0 aliphatic heterocycles. The molecule has 2 N–H and O–H groups in total. The number of primary amides is 1. The van der Waals surface area contributed by atoms with Crippen LogP contribution in [-0.2, 0) is 20.4 Å². The van der Waals surface area contributed by atoms with Gasteiger partial charge in [-0.1, -0.05) is 30.3 Å². The summed E-state index contributed by atoms with van der Waals surface area (Å²) in [7, 11) is -3.51. The monoisotopic (exact) mass is 280 g/mol. The summed E-state index contributed by atoms with van der Waals surface area (Å²) in [5, 5.41) is 8.68. The van der Waals surface area contributed by atoms with Crippen LogP contribution < -0.4 is 5.73 Å². The minimum absolute atomic E-state index is 0.165. The van der Waals surface area contributed by atoms with Crippen molar-refractivity contribution in [1.29, 1.82) is 5.26 Å². The predicted octanol–water partition coefficient (Wildman–Crippen LogP) is 1.01. The van der Waals surface area contributed by atoms with Gasteiger partial charge in [-0.3, -0.25) is 4.79 Å². The van der Waals surface area contributed by atoms with Crippen LogP contribution in [0.3, 0.4) is 0 Å². The van der Waals surface area contributed by atoms with Crippen LogP contribution in [0.5, 0.6) is 0 Å². The van der Waals surface area contributed by atoms with E-state index >= 15 is 0 Å². The average Bonchev–Trinajstić information content (AvgIpc) is 2.28. The Kier molecular flexibility index (Phi) is 4.67. The van der Waals surface area contributed by atoms with Crippen molar-refractivity contribution in [2.75, 3.05) is 5.75 Å². The molecule has 0 bridgehead atoms. The van der Waals surface area contributed by atoms with Crippen LogP contribution in [0.1, 0.15) is 18.9 Å². The quantitative estimate of drug-likeness (QED) is 0.840. The van der Waals surface area contributed by atoms with E-state index in [1.54, 1.807) is 30.3 Å². The minimum Gasteiger partial charge on any atom is -0.369 e. The van der Waals surface area contributed by atoms with Crippen LogP contribution in [0.4, 0.5) is 0 Å².